The highest BCUT2D eigenvalue weighted by Crippen LogP contribution is 2.10. The first-order valence-corrected chi connectivity index (χ1v) is 9.63. The Labute approximate surface area is 139 Å². The van der Waals surface area contributed by atoms with E-state index in [0.717, 1.165) is 12.8 Å². The van der Waals surface area contributed by atoms with Crippen LogP contribution in [0.15, 0.2) is 24.3 Å². The van der Waals surface area contributed by atoms with E-state index in [-0.39, 0.29) is 0 Å². The lowest BCUT2D eigenvalue weighted by molar-refractivity contribution is -0.118. The summed E-state index contributed by atoms with van der Waals surface area (Å²) in [5.41, 5.74) is 0. The van der Waals surface area contributed by atoms with Crippen molar-refractivity contribution in [2.75, 3.05) is 0 Å². The summed E-state index contributed by atoms with van der Waals surface area (Å²) in [5.74, 6) is 0.366. The molecule has 0 fully saturated rings. The van der Waals surface area contributed by atoms with E-state index < -0.39 is 0 Å². The summed E-state index contributed by atoms with van der Waals surface area (Å²) in [6.45, 7) is 4.21. The maximum Gasteiger partial charge on any atom is 0.132 e. The fraction of sp³-hybridized carbons (Fsp3) is 0.762. The molecule has 0 aromatic carbocycles. The first-order valence-electron chi connectivity index (χ1n) is 9.63. The van der Waals surface area contributed by atoms with E-state index >= 15 is 0 Å². The van der Waals surface area contributed by atoms with Crippen LogP contribution in [-0.2, 0) is 4.79 Å². The number of carbonyl (C=O) groups excluding carboxylic acids is 1. The molecule has 0 aliphatic rings. The van der Waals surface area contributed by atoms with Crippen molar-refractivity contribution in [2.24, 2.45) is 0 Å². The largest absolute Gasteiger partial charge is 0.300 e. The second-order valence-electron chi connectivity index (χ2n) is 6.23. The lowest BCUT2D eigenvalue weighted by Gasteiger charge is -2.00. The molecule has 22 heavy (non-hydrogen) atoms. The normalized spacial score (nSPS) is 11.7. The number of hydrogen-bond donors (Lipinski definition) is 0. The predicted octanol–water partition coefficient (Wildman–Crippen LogP) is 7.17. The Morgan fingerprint density at radius 1 is 0.682 bits per heavy atom. The quantitative estimate of drug-likeness (QED) is 0.218. The van der Waals surface area contributed by atoms with E-state index in [9.17, 15) is 4.79 Å². The molecular weight excluding hydrogens is 268 g/mol. The molecule has 1 heteroatoms. The van der Waals surface area contributed by atoms with Gasteiger partial charge in [0.2, 0.25) is 0 Å². The van der Waals surface area contributed by atoms with Crippen LogP contribution in [-0.4, -0.2) is 5.78 Å². The van der Waals surface area contributed by atoms with Gasteiger partial charge in [-0.05, 0) is 25.7 Å². The molecule has 128 valence electrons. The van der Waals surface area contributed by atoms with Crippen molar-refractivity contribution in [1.29, 1.82) is 0 Å². The van der Waals surface area contributed by atoms with Gasteiger partial charge in [0, 0.05) is 12.8 Å². The molecule has 0 saturated heterocycles. The summed E-state index contributed by atoms with van der Waals surface area (Å²) >= 11 is 0. The third-order valence-corrected chi connectivity index (χ3v) is 4.06. The molecule has 1 nitrogen and oxygen atoms in total. The summed E-state index contributed by atoms with van der Waals surface area (Å²) in [6.07, 6.45) is 26.0. The molecule has 0 rings (SSSR count). The van der Waals surface area contributed by atoms with Crippen molar-refractivity contribution in [2.45, 2.75) is 104 Å². The fourth-order valence-corrected chi connectivity index (χ4v) is 2.50. The second kappa shape index (κ2) is 18.2. The number of ketones is 1. The molecule has 0 aromatic rings. The average Bonchev–Trinajstić information content (AvgIpc) is 2.54. The second-order valence-corrected chi connectivity index (χ2v) is 6.23. The number of unbranched alkanes of at least 4 members (excludes halogenated alkanes) is 9. The van der Waals surface area contributed by atoms with Gasteiger partial charge in [0.15, 0.2) is 0 Å². The van der Waals surface area contributed by atoms with Gasteiger partial charge in [0.1, 0.15) is 5.78 Å². The average molecular weight is 307 g/mol. The van der Waals surface area contributed by atoms with Crippen LogP contribution >= 0.6 is 0 Å². The van der Waals surface area contributed by atoms with Gasteiger partial charge < -0.3 is 0 Å². The lowest BCUT2D eigenvalue weighted by Crippen LogP contribution is -1.92. The van der Waals surface area contributed by atoms with Crippen molar-refractivity contribution in [3.63, 3.8) is 0 Å². The topological polar surface area (TPSA) is 17.1 Å². The Hall–Kier alpha value is -0.850. The van der Waals surface area contributed by atoms with Crippen LogP contribution in [0.25, 0.3) is 0 Å². The number of allylic oxidation sites excluding steroid dienone is 4. The third-order valence-electron chi connectivity index (χ3n) is 4.06. The molecule has 0 amide bonds. The molecule has 0 heterocycles. The van der Waals surface area contributed by atoms with Gasteiger partial charge >= 0.3 is 0 Å². The van der Waals surface area contributed by atoms with E-state index in [1.54, 1.807) is 0 Å². The zero-order valence-electron chi connectivity index (χ0n) is 15.1. The van der Waals surface area contributed by atoms with Crippen LogP contribution in [0.2, 0.25) is 0 Å². The number of carbonyl (C=O) groups is 1. The number of Topliss-reactive ketones (excluding diaryl/α,β-unsaturated/α-hetero) is 1. The number of rotatable bonds is 16. The Bertz CT molecular complexity index is 288. The minimum Gasteiger partial charge on any atom is -0.300 e. The van der Waals surface area contributed by atoms with Crippen molar-refractivity contribution in [1.82, 2.24) is 0 Å². The monoisotopic (exact) mass is 306 g/mol. The standard InChI is InChI=1S/C21H38O/c1-3-5-6-7-8-9-10-11-12-13-14-15-16-17-18-19-20-21(22)4-2/h14-15,17-18H,3-13,16,19-20H2,1-2H3/b15-14-,18-17-. The van der Waals surface area contributed by atoms with E-state index in [1.807, 2.05) is 6.92 Å². The third kappa shape index (κ3) is 17.2. The predicted molar refractivity (Wildman–Crippen MR) is 99.3 cm³/mol. The summed E-state index contributed by atoms with van der Waals surface area (Å²) < 4.78 is 0. The van der Waals surface area contributed by atoms with Crippen molar-refractivity contribution < 1.29 is 4.79 Å². The summed E-state index contributed by atoms with van der Waals surface area (Å²) in [6, 6.07) is 0. The Morgan fingerprint density at radius 3 is 1.82 bits per heavy atom. The van der Waals surface area contributed by atoms with E-state index in [1.165, 1.54) is 64.2 Å². The molecule has 0 N–H and O–H groups in total. The van der Waals surface area contributed by atoms with Gasteiger partial charge in [-0.2, -0.15) is 0 Å². The van der Waals surface area contributed by atoms with Gasteiger partial charge in [0.25, 0.3) is 0 Å². The van der Waals surface area contributed by atoms with Crippen molar-refractivity contribution >= 4 is 5.78 Å². The molecule has 0 atom stereocenters. The van der Waals surface area contributed by atoms with Gasteiger partial charge in [0.05, 0.1) is 0 Å². The van der Waals surface area contributed by atoms with E-state index in [4.69, 9.17) is 0 Å². The summed E-state index contributed by atoms with van der Waals surface area (Å²) in [7, 11) is 0. The van der Waals surface area contributed by atoms with Crippen LogP contribution in [0, 0.1) is 0 Å². The Balaban J connectivity index is 3.20. The summed E-state index contributed by atoms with van der Waals surface area (Å²) in [5, 5.41) is 0. The zero-order chi connectivity index (χ0) is 16.3. The van der Waals surface area contributed by atoms with Crippen LogP contribution < -0.4 is 0 Å². The van der Waals surface area contributed by atoms with E-state index in [0.29, 0.717) is 18.6 Å². The smallest absolute Gasteiger partial charge is 0.132 e. The molecule has 0 aliphatic carbocycles. The Kier molecular flexibility index (Phi) is 17.5. The first kappa shape index (κ1) is 21.1. The summed E-state index contributed by atoms with van der Waals surface area (Å²) in [4.78, 5) is 11.1. The molecule has 0 saturated carbocycles. The molecule has 0 bridgehead atoms. The molecule has 0 aliphatic heterocycles. The molecule has 0 aromatic heterocycles. The van der Waals surface area contributed by atoms with Gasteiger partial charge in [-0.1, -0.05) is 89.5 Å². The fourth-order valence-electron chi connectivity index (χ4n) is 2.50. The van der Waals surface area contributed by atoms with Crippen molar-refractivity contribution in [3.05, 3.63) is 24.3 Å². The van der Waals surface area contributed by atoms with Crippen LogP contribution in [0.1, 0.15) is 104 Å². The minimum absolute atomic E-state index is 0.366. The van der Waals surface area contributed by atoms with Gasteiger partial charge in [-0.15, -0.1) is 0 Å². The molecular formula is C21H38O. The maximum atomic E-state index is 11.1. The highest BCUT2D eigenvalue weighted by molar-refractivity contribution is 5.78. The molecule has 0 unspecified atom stereocenters. The highest BCUT2D eigenvalue weighted by atomic mass is 16.1. The van der Waals surface area contributed by atoms with Crippen molar-refractivity contribution in [3.8, 4) is 0 Å². The SMILES string of the molecule is CCCCCCCCCCC/C=C\C/C=C\CCC(=O)CC. The highest BCUT2D eigenvalue weighted by Gasteiger charge is 1.93. The van der Waals surface area contributed by atoms with Gasteiger partial charge in [-0.25, -0.2) is 0 Å². The van der Waals surface area contributed by atoms with Crippen LogP contribution in [0.3, 0.4) is 0 Å². The zero-order valence-corrected chi connectivity index (χ0v) is 15.1. The van der Waals surface area contributed by atoms with Crippen LogP contribution in [0.5, 0.6) is 0 Å². The Morgan fingerprint density at radius 2 is 1.23 bits per heavy atom. The molecule has 0 radical (unpaired) electrons. The lowest BCUT2D eigenvalue weighted by atomic mass is 10.1. The van der Waals surface area contributed by atoms with Crippen LogP contribution in [0.4, 0.5) is 0 Å². The minimum atomic E-state index is 0.366. The van der Waals surface area contributed by atoms with Gasteiger partial charge in [-0.3, -0.25) is 4.79 Å². The number of hydrogen-bond acceptors (Lipinski definition) is 1. The van der Waals surface area contributed by atoms with E-state index in [2.05, 4.69) is 31.2 Å². The maximum absolute atomic E-state index is 11.1. The molecule has 0 spiro atoms. The first-order chi connectivity index (χ1) is 10.8.